The van der Waals surface area contributed by atoms with Gasteiger partial charge in [0.15, 0.2) is 5.13 Å². The van der Waals surface area contributed by atoms with E-state index in [1.165, 1.54) is 28.6 Å². The van der Waals surface area contributed by atoms with E-state index in [-0.39, 0.29) is 27.3 Å². The van der Waals surface area contributed by atoms with E-state index in [0.29, 0.717) is 18.4 Å². The van der Waals surface area contributed by atoms with Gasteiger partial charge in [0.2, 0.25) is 15.8 Å². The zero-order valence-corrected chi connectivity index (χ0v) is 18.6. The summed E-state index contributed by atoms with van der Waals surface area (Å²) in [7, 11) is -3.87. The standard InChI is InChI=1S/C21H17F2N5O3S2/c22-14-3-1-4-15(23)17(14)18(29)19-20(25)27-21(32-19)26-16-5-2-10-28(16)33(30,31)13-8-6-12(11-24)7-9-13/h1,3-4,6-9,16H,2,5,10,25H2,(H,26,27). The number of hydrogen-bond acceptors (Lipinski definition) is 8. The lowest BCUT2D eigenvalue weighted by atomic mass is 10.1. The van der Waals surface area contributed by atoms with Crippen LogP contribution in [-0.2, 0) is 10.0 Å². The van der Waals surface area contributed by atoms with Crippen molar-refractivity contribution < 1.29 is 22.0 Å². The Morgan fingerprint density at radius 3 is 2.52 bits per heavy atom. The fourth-order valence-corrected chi connectivity index (χ4v) is 6.03. The number of rotatable bonds is 6. The molecule has 1 saturated heterocycles. The van der Waals surface area contributed by atoms with Crippen LogP contribution >= 0.6 is 11.3 Å². The topological polar surface area (TPSA) is 129 Å². The van der Waals surface area contributed by atoms with E-state index in [4.69, 9.17) is 11.0 Å². The molecule has 0 amide bonds. The Hall–Kier alpha value is -3.40. The van der Waals surface area contributed by atoms with Crippen molar-refractivity contribution in [2.24, 2.45) is 0 Å². The average Bonchev–Trinajstić information content (AvgIpc) is 3.40. The third kappa shape index (κ3) is 4.30. The molecule has 170 valence electrons. The molecule has 0 saturated carbocycles. The average molecular weight is 490 g/mol. The highest BCUT2D eigenvalue weighted by Crippen LogP contribution is 2.32. The van der Waals surface area contributed by atoms with Gasteiger partial charge in [-0.2, -0.15) is 9.57 Å². The van der Waals surface area contributed by atoms with Crippen molar-refractivity contribution in [2.75, 3.05) is 17.6 Å². The van der Waals surface area contributed by atoms with Crippen molar-refractivity contribution in [2.45, 2.75) is 23.9 Å². The molecule has 0 radical (unpaired) electrons. The quantitative estimate of drug-likeness (QED) is 0.508. The van der Waals surface area contributed by atoms with Gasteiger partial charge in [-0.1, -0.05) is 17.4 Å². The van der Waals surface area contributed by atoms with Gasteiger partial charge >= 0.3 is 0 Å². The Kier molecular flexibility index (Phi) is 6.11. The molecule has 33 heavy (non-hydrogen) atoms. The monoisotopic (exact) mass is 489 g/mol. The fourth-order valence-electron chi connectivity index (χ4n) is 3.54. The maximum atomic E-state index is 14.0. The first-order valence-corrected chi connectivity index (χ1v) is 12.0. The summed E-state index contributed by atoms with van der Waals surface area (Å²) in [6, 6.07) is 10.6. The second kappa shape index (κ2) is 8.86. The second-order valence-electron chi connectivity index (χ2n) is 7.21. The number of thiazole rings is 1. The lowest BCUT2D eigenvalue weighted by molar-refractivity contribution is 0.103. The smallest absolute Gasteiger partial charge is 0.244 e. The van der Waals surface area contributed by atoms with E-state index < -0.39 is 39.2 Å². The number of nitrogens with one attached hydrogen (secondary N) is 1. The summed E-state index contributed by atoms with van der Waals surface area (Å²) in [5.74, 6) is -3.19. The first-order valence-electron chi connectivity index (χ1n) is 9.76. The highest BCUT2D eigenvalue weighted by atomic mass is 32.2. The van der Waals surface area contributed by atoms with Crippen LogP contribution in [0.4, 0.5) is 19.7 Å². The van der Waals surface area contributed by atoms with E-state index in [1.54, 1.807) is 0 Å². The van der Waals surface area contributed by atoms with Crippen LogP contribution in [0, 0.1) is 23.0 Å². The van der Waals surface area contributed by atoms with Crippen LogP contribution < -0.4 is 11.1 Å². The van der Waals surface area contributed by atoms with Gasteiger partial charge in [-0.15, -0.1) is 0 Å². The number of aromatic nitrogens is 1. The van der Waals surface area contributed by atoms with Crippen LogP contribution in [0.2, 0.25) is 0 Å². The molecule has 8 nitrogen and oxygen atoms in total. The van der Waals surface area contributed by atoms with Gasteiger partial charge in [0.1, 0.15) is 22.3 Å². The largest absolute Gasteiger partial charge is 0.382 e. The van der Waals surface area contributed by atoms with Crippen LogP contribution in [0.25, 0.3) is 0 Å². The molecule has 0 bridgehead atoms. The minimum atomic E-state index is -3.87. The van der Waals surface area contributed by atoms with E-state index in [1.807, 2.05) is 6.07 Å². The number of benzene rings is 2. The summed E-state index contributed by atoms with van der Waals surface area (Å²) < 4.78 is 55.5. The summed E-state index contributed by atoms with van der Waals surface area (Å²) in [5, 5.41) is 12.0. The van der Waals surface area contributed by atoms with Gasteiger partial charge in [0.25, 0.3) is 0 Å². The molecule has 1 aliphatic heterocycles. The van der Waals surface area contributed by atoms with Crippen LogP contribution in [0.5, 0.6) is 0 Å². The number of nitrogens with two attached hydrogens (primary N) is 1. The predicted octanol–water partition coefficient (Wildman–Crippen LogP) is 3.33. The molecular formula is C21H17F2N5O3S2. The summed E-state index contributed by atoms with van der Waals surface area (Å²) >= 11 is 0.792. The number of hydrogen-bond donors (Lipinski definition) is 2. The summed E-state index contributed by atoms with van der Waals surface area (Å²) in [6.45, 7) is 0.257. The van der Waals surface area contributed by atoms with Crippen LogP contribution in [0.15, 0.2) is 47.4 Å². The fraction of sp³-hybridized carbons (Fsp3) is 0.190. The SMILES string of the molecule is N#Cc1ccc(S(=O)(=O)N2CCCC2Nc2nc(N)c(C(=O)c3c(F)cccc3F)s2)cc1. The Balaban J connectivity index is 1.58. The number of ketones is 1. The van der Waals surface area contributed by atoms with Gasteiger partial charge in [0.05, 0.1) is 28.3 Å². The Morgan fingerprint density at radius 1 is 1.21 bits per heavy atom. The van der Waals surface area contributed by atoms with Crippen molar-refractivity contribution >= 4 is 38.1 Å². The van der Waals surface area contributed by atoms with Crippen molar-refractivity contribution in [3.05, 3.63) is 70.1 Å². The van der Waals surface area contributed by atoms with E-state index in [0.717, 1.165) is 29.5 Å². The number of sulfonamides is 1. The van der Waals surface area contributed by atoms with Crippen molar-refractivity contribution in [3.63, 3.8) is 0 Å². The molecule has 1 aliphatic rings. The van der Waals surface area contributed by atoms with E-state index in [2.05, 4.69) is 10.3 Å². The Labute approximate surface area is 192 Å². The Bertz CT molecular complexity index is 1350. The van der Waals surface area contributed by atoms with Crippen LogP contribution in [0.1, 0.15) is 33.6 Å². The normalized spacial score (nSPS) is 16.5. The van der Waals surface area contributed by atoms with Gasteiger partial charge in [-0.3, -0.25) is 4.79 Å². The zero-order valence-electron chi connectivity index (χ0n) is 17.0. The van der Waals surface area contributed by atoms with Crippen molar-refractivity contribution in [1.29, 1.82) is 5.26 Å². The number of carbonyl (C=O) groups excluding carboxylic acids is 1. The summed E-state index contributed by atoms with van der Waals surface area (Å²) in [6.07, 6.45) is 0.393. The van der Waals surface area contributed by atoms with E-state index in [9.17, 15) is 22.0 Å². The number of nitrogens with zero attached hydrogens (tertiary/aromatic N) is 3. The number of carbonyl (C=O) groups is 1. The number of halogens is 2. The first-order chi connectivity index (χ1) is 15.7. The van der Waals surface area contributed by atoms with Crippen LogP contribution in [0.3, 0.4) is 0 Å². The third-order valence-corrected chi connectivity index (χ3v) is 8.06. The molecule has 1 fully saturated rings. The maximum Gasteiger partial charge on any atom is 0.244 e. The molecule has 0 aliphatic carbocycles. The highest BCUT2D eigenvalue weighted by Gasteiger charge is 2.36. The maximum absolute atomic E-state index is 14.0. The Morgan fingerprint density at radius 2 is 1.88 bits per heavy atom. The molecule has 2 heterocycles. The highest BCUT2D eigenvalue weighted by molar-refractivity contribution is 7.89. The van der Waals surface area contributed by atoms with Crippen LogP contribution in [-0.4, -0.2) is 36.2 Å². The molecule has 1 atom stereocenters. The lowest BCUT2D eigenvalue weighted by Crippen LogP contribution is -2.40. The van der Waals surface area contributed by atoms with Gasteiger partial charge in [0, 0.05) is 6.54 Å². The van der Waals surface area contributed by atoms with Gasteiger partial charge in [-0.05, 0) is 49.2 Å². The molecular weight excluding hydrogens is 472 g/mol. The molecule has 1 unspecified atom stereocenters. The minimum Gasteiger partial charge on any atom is -0.382 e. The molecule has 3 aromatic rings. The van der Waals surface area contributed by atoms with Gasteiger partial charge < -0.3 is 11.1 Å². The number of nitrogen functional groups attached to an aromatic ring is 1. The third-order valence-electron chi connectivity index (χ3n) is 5.13. The minimum absolute atomic E-state index is 0.0414. The predicted molar refractivity (Wildman–Crippen MR) is 118 cm³/mol. The number of anilines is 2. The molecule has 3 N–H and O–H groups in total. The van der Waals surface area contributed by atoms with E-state index >= 15 is 0 Å². The lowest BCUT2D eigenvalue weighted by Gasteiger charge is -2.24. The molecule has 2 aromatic carbocycles. The summed E-state index contributed by atoms with van der Waals surface area (Å²) in [5.41, 5.74) is 5.44. The molecule has 4 rings (SSSR count). The first kappa shape index (κ1) is 22.8. The van der Waals surface area contributed by atoms with Crippen molar-refractivity contribution in [3.8, 4) is 6.07 Å². The number of nitriles is 1. The molecule has 12 heteroatoms. The van der Waals surface area contributed by atoms with Crippen molar-refractivity contribution in [1.82, 2.24) is 9.29 Å². The second-order valence-corrected chi connectivity index (χ2v) is 10.1. The van der Waals surface area contributed by atoms with Gasteiger partial charge in [-0.25, -0.2) is 22.2 Å². The molecule has 0 spiro atoms. The summed E-state index contributed by atoms with van der Waals surface area (Å²) in [4.78, 5) is 16.6. The molecule has 1 aromatic heterocycles. The zero-order chi connectivity index (χ0) is 23.8.